The molecule has 0 bridgehead atoms. The average molecular weight is 364 g/mol. The van der Waals surface area contributed by atoms with E-state index >= 15 is 0 Å². The van der Waals surface area contributed by atoms with Crippen molar-refractivity contribution in [3.63, 3.8) is 0 Å². The van der Waals surface area contributed by atoms with Crippen molar-refractivity contribution in [1.82, 2.24) is 0 Å². The molecule has 0 heterocycles. The number of hydrogen-bond acceptors (Lipinski definition) is 5. The Morgan fingerprint density at radius 3 is 2.38 bits per heavy atom. The molecule has 26 heavy (non-hydrogen) atoms. The van der Waals surface area contributed by atoms with Gasteiger partial charge in [-0.05, 0) is 37.5 Å². The fourth-order valence-electron chi connectivity index (χ4n) is 2.12. The lowest BCUT2D eigenvalue weighted by Crippen LogP contribution is -2.23. The molecule has 0 saturated carbocycles. The second kappa shape index (κ2) is 16.7. The van der Waals surface area contributed by atoms with E-state index in [1.165, 1.54) is 6.08 Å². The number of aliphatic hydroxyl groups is 4. The first-order valence-electron chi connectivity index (χ1n) is 9.19. The van der Waals surface area contributed by atoms with Gasteiger partial charge in [0.2, 0.25) is 0 Å². The molecule has 0 aromatic rings. The van der Waals surface area contributed by atoms with Gasteiger partial charge in [0.05, 0.1) is 18.3 Å². The smallest absolute Gasteiger partial charge is 0.158 e. The van der Waals surface area contributed by atoms with Gasteiger partial charge in [-0.2, -0.15) is 0 Å². The molecule has 4 N–H and O–H groups in total. The molecule has 0 spiro atoms. The minimum Gasteiger partial charge on any atom is -0.390 e. The minimum atomic E-state index is -0.878. The Morgan fingerprint density at radius 1 is 0.962 bits per heavy atom. The molecule has 0 aromatic carbocycles. The summed E-state index contributed by atoms with van der Waals surface area (Å²) in [5.74, 6) is 5.28. The first kappa shape index (κ1) is 24.3. The number of rotatable bonds is 13. The monoisotopic (exact) mass is 364 g/mol. The summed E-state index contributed by atoms with van der Waals surface area (Å²) < 4.78 is 0. The van der Waals surface area contributed by atoms with Gasteiger partial charge in [-0.1, -0.05) is 56.3 Å². The summed E-state index contributed by atoms with van der Waals surface area (Å²) in [6, 6.07) is 0. The maximum Gasteiger partial charge on any atom is 0.158 e. The molecule has 0 saturated heterocycles. The van der Waals surface area contributed by atoms with E-state index in [2.05, 4.69) is 18.8 Å². The maximum atomic E-state index is 10.9. The minimum absolute atomic E-state index is 0.224. The highest BCUT2D eigenvalue weighted by atomic mass is 16.3. The summed E-state index contributed by atoms with van der Waals surface area (Å²) in [6.07, 6.45) is 12.1. The van der Waals surface area contributed by atoms with Gasteiger partial charge >= 0.3 is 0 Å². The third kappa shape index (κ3) is 14.6. The van der Waals surface area contributed by atoms with E-state index in [0.29, 0.717) is 19.3 Å². The standard InChI is InChI=1S/C21H32O5/c1-2-3-8-15-20(25)21(26)16-10-7-5-4-6-9-12-18(23)13-11-14-19(24)17-22/h5,7,9-10,12,16,18,20-23,25-26H,2-3,8,11,13-15,17H2,1H3/b7-5+,12-9+,16-10+. The van der Waals surface area contributed by atoms with E-state index in [0.717, 1.165) is 19.3 Å². The van der Waals surface area contributed by atoms with Crippen LogP contribution in [0.5, 0.6) is 0 Å². The van der Waals surface area contributed by atoms with E-state index < -0.39 is 24.9 Å². The zero-order valence-corrected chi connectivity index (χ0v) is 15.6. The summed E-state index contributed by atoms with van der Waals surface area (Å²) in [5, 5.41) is 37.8. The van der Waals surface area contributed by atoms with E-state index in [4.69, 9.17) is 5.11 Å². The Kier molecular flexibility index (Phi) is 15.6. The number of ketones is 1. The molecule has 0 aliphatic heterocycles. The molecule has 0 rings (SSSR count). The first-order valence-corrected chi connectivity index (χ1v) is 9.19. The SMILES string of the molecule is CCCCCC(O)C(O)/C=C/C=C/C#C/C=C/C(O)CCCC(=O)CO. The van der Waals surface area contributed by atoms with Gasteiger partial charge in [0.15, 0.2) is 5.78 Å². The molecule has 5 nitrogen and oxygen atoms in total. The van der Waals surface area contributed by atoms with Gasteiger partial charge in [-0.15, -0.1) is 0 Å². The molecular formula is C21H32O5. The summed E-state index contributed by atoms with van der Waals surface area (Å²) in [7, 11) is 0. The molecule has 5 heteroatoms. The number of carbonyl (C=O) groups is 1. The first-order chi connectivity index (χ1) is 12.5. The molecule has 3 atom stereocenters. The zero-order valence-electron chi connectivity index (χ0n) is 15.6. The topological polar surface area (TPSA) is 98.0 Å². The Labute approximate surface area is 156 Å². The normalized spacial score (nSPS) is 15.3. The molecule has 146 valence electrons. The van der Waals surface area contributed by atoms with Gasteiger partial charge in [0, 0.05) is 6.42 Å². The Balaban J connectivity index is 4.02. The molecule has 0 aromatic heterocycles. The molecule has 0 radical (unpaired) electrons. The zero-order chi connectivity index (χ0) is 19.6. The Morgan fingerprint density at radius 2 is 1.69 bits per heavy atom. The van der Waals surface area contributed by atoms with Crippen molar-refractivity contribution in [3.8, 4) is 11.8 Å². The maximum absolute atomic E-state index is 10.9. The molecule has 3 unspecified atom stereocenters. The Bertz CT molecular complexity index is 510. The highest BCUT2D eigenvalue weighted by Crippen LogP contribution is 2.07. The lowest BCUT2D eigenvalue weighted by molar-refractivity contribution is -0.121. The van der Waals surface area contributed by atoms with Crippen molar-refractivity contribution in [2.75, 3.05) is 6.61 Å². The van der Waals surface area contributed by atoms with E-state index in [1.54, 1.807) is 30.4 Å². The lowest BCUT2D eigenvalue weighted by Gasteiger charge is -2.13. The molecule has 0 fully saturated rings. The second-order valence-corrected chi connectivity index (χ2v) is 6.10. The summed E-state index contributed by atoms with van der Waals surface area (Å²) in [4.78, 5) is 10.9. The fraction of sp³-hybridized carbons (Fsp3) is 0.571. The largest absolute Gasteiger partial charge is 0.390 e. The number of unbranched alkanes of at least 4 members (excludes halogenated alkanes) is 2. The van der Waals surface area contributed by atoms with Crippen LogP contribution >= 0.6 is 0 Å². The number of allylic oxidation sites excluding steroid dienone is 4. The van der Waals surface area contributed by atoms with Crippen LogP contribution in [-0.2, 0) is 4.79 Å². The molecule has 0 aliphatic carbocycles. The molecule has 0 amide bonds. The van der Waals surface area contributed by atoms with E-state index in [-0.39, 0.29) is 12.2 Å². The van der Waals surface area contributed by atoms with Gasteiger partial charge in [-0.25, -0.2) is 0 Å². The van der Waals surface area contributed by atoms with Crippen LogP contribution < -0.4 is 0 Å². The Hall–Kier alpha value is -1.71. The van der Waals surface area contributed by atoms with Crippen molar-refractivity contribution in [1.29, 1.82) is 0 Å². The van der Waals surface area contributed by atoms with Crippen LogP contribution in [0, 0.1) is 11.8 Å². The van der Waals surface area contributed by atoms with Gasteiger partial charge in [0.1, 0.15) is 6.61 Å². The molecular weight excluding hydrogens is 332 g/mol. The van der Waals surface area contributed by atoms with Crippen molar-refractivity contribution in [2.24, 2.45) is 0 Å². The van der Waals surface area contributed by atoms with Crippen molar-refractivity contribution in [3.05, 3.63) is 36.5 Å². The summed E-state index contributed by atoms with van der Waals surface area (Å²) in [6.45, 7) is 1.64. The van der Waals surface area contributed by atoms with Gasteiger partial charge < -0.3 is 20.4 Å². The van der Waals surface area contributed by atoms with Crippen LogP contribution in [0.1, 0.15) is 51.9 Å². The summed E-state index contributed by atoms with van der Waals surface area (Å²) >= 11 is 0. The van der Waals surface area contributed by atoms with Crippen LogP contribution in [0.15, 0.2) is 36.5 Å². The highest BCUT2D eigenvalue weighted by Gasteiger charge is 2.11. The predicted octanol–water partition coefficient (Wildman–Crippen LogP) is 2.05. The van der Waals surface area contributed by atoms with Crippen LogP contribution in [-0.4, -0.2) is 51.1 Å². The van der Waals surface area contributed by atoms with Gasteiger partial charge in [0.25, 0.3) is 0 Å². The van der Waals surface area contributed by atoms with E-state index in [9.17, 15) is 20.1 Å². The number of aliphatic hydroxyl groups excluding tert-OH is 4. The third-order valence-corrected chi connectivity index (χ3v) is 3.71. The van der Waals surface area contributed by atoms with Crippen LogP contribution in [0.25, 0.3) is 0 Å². The number of carbonyl (C=O) groups excluding carboxylic acids is 1. The van der Waals surface area contributed by atoms with Crippen molar-refractivity contribution < 1.29 is 25.2 Å². The van der Waals surface area contributed by atoms with Crippen LogP contribution in [0.3, 0.4) is 0 Å². The molecule has 0 aliphatic rings. The van der Waals surface area contributed by atoms with Gasteiger partial charge in [-0.3, -0.25) is 4.79 Å². The number of hydrogen-bond donors (Lipinski definition) is 4. The van der Waals surface area contributed by atoms with Crippen LogP contribution in [0.4, 0.5) is 0 Å². The average Bonchev–Trinajstić information content (AvgIpc) is 2.63. The lowest BCUT2D eigenvalue weighted by atomic mass is 10.1. The third-order valence-electron chi connectivity index (χ3n) is 3.71. The predicted molar refractivity (Wildman–Crippen MR) is 103 cm³/mol. The van der Waals surface area contributed by atoms with Crippen molar-refractivity contribution >= 4 is 5.78 Å². The van der Waals surface area contributed by atoms with Crippen molar-refractivity contribution in [2.45, 2.75) is 70.2 Å². The summed E-state index contributed by atoms with van der Waals surface area (Å²) in [5.41, 5.74) is 0. The quantitative estimate of drug-likeness (QED) is 0.228. The number of Topliss-reactive ketones (excluding diaryl/α,β-unsaturated/α-hetero) is 1. The fourth-order valence-corrected chi connectivity index (χ4v) is 2.12. The van der Waals surface area contributed by atoms with E-state index in [1.807, 2.05) is 0 Å². The highest BCUT2D eigenvalue weighted by molar-refractivity contribution is 5.79. The second-order valence-electron chi connectivity index (χ2n) is 6.10. The van der Waals surface area contributed by atoms with Crippen LogP contribution in [0.2, 0.25) is 0 Å².